The predicted molar refractivity (Wildman–Crippen MR) is 103 cm³/mol. The van der Waals surface area contributed by atoms with Crippen LogP contribution in [0.25, 0.3) is 0 Å². The van der Waals surface area contributed by atoms with Crippen LogP contribution in [0.4, 0.5) is 23.1 Å². The number of nitriles is 1. The van der Waals surface area contributed by atoms with Crippen LogP contribution in [0.2, 0.25) is 0 Å². The van der Waals surface area contributed by atoms with E-state index in [0.29, 0.717) is 23.0 Å². The van der Waals surface area contributed by atoms with Crippen LogP contribution in [-0.4, -0.2) is 9.97 Å². The fourth-order valence-corrected chi connectivity index (χ4v) is 2.70. The molecule has 0 saturated carbocycles. The van der Waals surface area contributed by atoms with Crippen LogP contribution in [0.15, 0.2) is 53.0 Å². The molecule has 0 aliphatic rings. The Balaban J connectivity index is 1.88. The molecule has 3 aromatic rings. The van der Waals surface area contributed by atoms with Gasteiger partial charge in [0.05, 0.1) is 11.3 Å². The largest absolute Gasteiger partial charge is 0.340 e. The van der Waals surface area contributed by atoms with Crippen molar-refractivity contribution in [2.24, 2.45) is 0 Å². The number of nitrogens with one attached hydrogen (secondary N) is 2. The normalized spacial score (nSPS) is 10.2. The Morgan fingerprint density at radius 3 is 2.56 bits per heavy atom. The second-order valence-electron chi connectivity index (χ2n) is 5.59. The molecule has 0 aliphatic heterocycles. The molecule has 124 valence electrons. The minimum Gasteiger partial charge on any atom is -0.340 e. The van der Waals surface area contributed by atoms with E-state index >= 15 is 0 Å². The second-order valence-corrected chi connectivity index (χ2v) is 6.44. The van der Waals surface area contributed by atoms with Crippen LogP contribution in [0, 0.1) is 25.2 Å². The lowest BCUT2D eigenvalue weighted by Crippen LogP contribution is -2.03. The highest BCUT2D eigenvalue weighted by atomic mass is 79.9. The van der Waals surface area contributed by atoms with Gasteiger partial charge in [-0.15, -0.1) is 0 Å². The van der Waals surface area contributed by atoms with E-state index in [1.165, 1.54) is 5.56 Å². The van der Waals surface area contributed by atoms with Crippen molar-refractivity contribution in [2.45, 2.75) is 13.8 Å². The molecule has 0 saturated heterocycles. The number of hydrogen-bond donors (Lipinski definition) is 2. The van der Waals surface area contributed by atoms with Crippen molar-refractivity contribution in [1.82, 2.24) is 9.97 Å². The summed E-state index contributed by atoms with van der Waals surface area (Å²) < 4.78 is 1.03. The maximum atomic E-state index is 9.20. The third-order valence-electron chi connectivity index (χ3n) is 3.59. The van der Waals surface area contributed by atoms with Crippen molar-refractivity contribution in [3.05, 3.63) is 69.8 Å². The summed E-state index contributed by atoms with van der Waals surface area (Å²) in [6, 6.07) is 17.3. The number of anilines is 4. The van der Waals surface area contributed by atoms with Gasteiger partial charge in [-0.2, -0.15) is 10.2 Å². The minimum absolute atomic E-state index is 0.441. The first-order valence-corrected chi connectivity index (χ1v) is 8.49. The van der Waals surface area contributed by atoms with Crippen molar-refractivity contribution in [3.8, 4) is 6.07 Å². The number of para-hydroxylation sites is 1. The van der Waals surface area contributed by atoms with Crippen LogP contribution in [0.5, 0.6) is 0 Å². The number of halogens is 1. The first-order valence-electron chi connectivity index (χ1n) is 7.70. The molecule has 0 aliphatic carbocycles. The number of aryl methyl sites for hydroxylation is 2. The average molecular weight is 394 g/mol. The number of hydrogen-bond acceptors (Lipinski definition) is 5. The smallest absolute Gasteiger partial charge is 0.229 e. The number of benzene rings is 2. The summed E-state index contributed by atoms with van der Waals surface area (Å²) in [5.41, 5.74) is 4.14. The van der Waals surface area contributed by atoms with E-state index in [0.717, 1.165) is 15.9 Å². The zero-order valence-corrected chi connectivity index (χ0v) is 15.4. The molecular formula is C19H16BrN5. The van der Waals surface area contributed by atoms with Crippen LogP contribution in [0.1, 0.15) is 16.8 Å². The molecular weight excluding hydrogens is 378 g/mol. The van der Waals surface area contributed by atoms with E-state index in [4.69, 9.17) is 0 Å². The topological polar surface area (TPSA) is 73.6 Å². The molecule has 0 bridgehead atoms. The maximum absolute atomic E-state index is 9.20. The summed E-state index contributed by atoms with van der Waals surface area (Å²) in [7, 11) is 0. The van der Waals surface area contributed by atoms with Crippen molar-refractivity contribution in [1.29, 1.82) is 5.26 Å². The Morgan fingerprint density at radius 1 is 1.00 bits per heavy atom. The molecule has 3 rings (SSSR count). The standard InChI is InChI=1S/C19H16BrN5/c1-12-7-8-15(10-16(12)20)23-18-9-13(2)22-19(25-18)24-17-6-4-3-5-14(17)11-21/h3-10H,1-2H3,(H2,22,23,24,25). The van der Waals surface area contributed by atoms with Gasteiger partial charge in [-0.1, -0.05) is 34.1 Å². The van der Waals surface area contributed by atoms with Crippen molar-refractivity contribution in [3.63, 3.8) is 0 Å². The fraction of sp³-hybridized carbons (Fsp3) is 0.105. The van der Waals surface area contributed by atoms with Gasteiger partial charge in [-0.3, -0.25) is 0 Å². The number of aromatic nitrogens is 2. The Hall–Kier alpha value is -2.91. The summed E-state index contributed by atoms with van der Waals surface area (Å²) >= 11 is 3.53. The van der Waals surface area contributed by atoms with E-state index in [2.05, 4.69) is 42.6 Å². The van der Waals surface area contributed by atoms with Crippen LogP contribution < -0.4 is 10.6 Å². The van der Waals surface area contributed by atoms with E-state index < -0.39 is 0 Å². The Morgan fingerprint density at radius 2 is 1.80 bits per heavy atom. The SMILES string of the molecule is Cc1cc(Nc2ccc(C)c(Br)c2)nc(Nc2ccccc2C#N)n1. The van der Waals surface area contributed by atoms with E-state index in [1.54, 1.807) is 6.07 Å². The molecule has 1 heterocycles. The van der Waals surface area contributed by atoms with Crippen LogP contribution in [0.3, 0.4) is 0 Å². The Bertz CT molecular complexity index is 962. The summed E-state index contributed by atoms with van der Waals surface area (Å²) in [4.78, 5) is 8.89. The molecule has 25 heavy (non-hydrogen) atoms. The molecule has 1 aromatic heterocycles. The minimum atomic E-state index is 0.441. The van der Waals surface area contributed by atoms with Gasteiger partial charge in [0.1, 0.15) is 11.9 Å². The third-order valence-corrected chi connectivity index (χ3v) is 4.45. The number of rotatable bonds is 4. The fourth-order valence-electron chi connectivity index (χ4n) is 2.32. The first-order chi connectivity index (χ1) is 12.0. The monoisotopic (exact) mass is 393 g/mol. The molecule has 2 N–H and O–H groups in total. The van der Waals surface area contributed by atoms with Gasteiger partial charge in [0.2, 0.25) is 5.95 Å². The van der Waals surface area contributed by atoms with Gasteiger partial charge in [0.25, 0.3) is 0 Å². The first kappa shape index (κ1) is 16.9. The molecule has 5 nitrogen and oxygen atoms in total. The molecule has 0 unspecified atom stereocenters. The highest BCUT2D eigenvalue weighted by Crippen LogP contribution is 2.24. The van der Waals surface area contributed by atoms with Gasteiger partial charge >= 0.3 is 0 Å². The average Bonchev–Trinajstić information content (AvgIpc) is 2.58. The zero-order chi connectivity index (χ0) is 17.8. The van der Waals surface area contributed by atoms with Gasteiger partial charge in [-0.05, 0) is 43.7 Å². The van der Waals surface area contributed by atoms with Crippen LogP contribution >= 0.6 is 15.9 Å². The Labute approximate surface area is 154 Å². The highest BCUT2D eigenvalue weighted by Gasteiger charge is 2.07. The molecule has 0 radical (unpaired) electrons. The van der Waals surface area contributed by atoms with Gasteiger partial charge in [0, 0.05) is 21.9 Å². The summed E-state index contributed by atoms with van der Waals surface area (Å²) in [5, 5.41) is 15.6. The summed E-state index contributed by atoms with van der Waals surface area (Å²) in [6.07, 6.45) is 0. The van der Waals surface area contributed by atoms with E-state index in [1.807, 2.05) is 56.3 Å². The maximum Gasteiger partial charge on any atom is 0.229 e. The van der Waals surface area contributed by atoms with Crippen molar-refractivity contribution in [2.75, 3.05) is 10.6 Å². The summed E-state index contributed by atoms with van der Waals surface area (Å²) in [6.45, 7) is 3.94. The van der Waals surface area contributed by atoms with E-state index in [9.17, 15) is 5.26 Å². The lowest BCUT2D eigenvalue weighted by atomic mass is 10.2. The van der Waals surface area contributed by atoms with Crippen molar-refractivity contribution >= 4 is 39.1 Å². The molecule has 0 atom stereocenters. The van der Waals surface area contributed by atoms with E-state index in [-0.39, 0.29) is 0 Å². The van der Waals surface area contributed by atoms with Crippen LogP contribution in [-0.2, 0) is 0 Å². The zero-order valence-electron chi connectivity index (χ0n) is 13.8. The van der Waals surface area contributed by atoms with Gasteiger partial charge in [-0.25, -0.2) is 4.98 Å². The third kappa shape index (κ3) is 4.14. The van der Waals surface area contributed by atoms with Crippen molar-refractivity contribution < 1.29 is 0 Å². The second kappa shape index (κ2) is 7.32. The molecule has 2 aromatic carbocycles. The number of nitrogens with zero attached hydrogens (tertiary/aromatic N) is 3. The molecule has 6 heteroatoms. The highest BCUT2D eigenvalue weighted by molar-refractivity contribution is 9.10. The summed E-state index contributed by atoms with van der Waals surface area (Å²) in [5.74, 6) is 1.12. The lowest BCUT2D eigenvalue weighted by molar-refractivity contribution is 1.11. The lowest BCUT2D eigenvalue weighted by Gasteiger charge is -2.11. The quantitative estimate of drug-likeness (QED) is 0.635. The van der Waals surface area contributed by atoms with Gasteiger partial charge in [0.15, 0.2) is 0 Å². The molecule has 0 amide bonds. The predicted octanol–water partition coefficient (Wildman–Crippen LogP) is 5.21. The Kier molecular flexibility index (Phi) is 4.96. The molecule has 0 spiro atoms. The molecule has 0 fully saturated rings. The van der Waals surface area contributed by atoms with Gasteiger partial charge < -0.3 is 10.6 Å².